The van der Waals surface area contributed by atoms with Gasteiger partial charge in [-0.05, 0) is 31.2 Å². The van der Waals surface area contributed by atoms with Crippen LogP contribution in [0.2, 0.25) is 0 Å². The highest BCUT2D eigenvalue weighted by atomic mass is 19.1. The fourth-order valence-corrected chi connectivity index (χ4v) is 1.53. The zero-order valence-corrected chi connectivity index (χ0v) is 9.87. The van der Waals surface area contributed by atoms with E-state index in [2.05, 4.69) is 15.6 Å². The van der Waals surface area contributed by atoms with Gasteiger partial charge in [0.15, 0.2) is 0 Å². The molecule has 0 spiro atoms. The van der Waals surface area contributed by atoms with E-state index in [9.17, 15) is 8.78 Å². The van der Waals surface area contributed by atoms with E-state index in [4.69, 9.17) is 0 Å². The van der Waals surface area contributed by atoms with E-state index in [1.54, 1.807) is 18.2 Å². The van der Waals surface area contributed by atoms with Crippen molar-refractivity contribution in [2.24, 2.45) is 0 Å². The van der Waals surface area contributed by atoms with E-state index in [0.717, 1.165) is 6.54 Å². The maximum absolute atomic E-state index is 13.4. The van der Waals surface area contributed by atoms with Gasteiger partial charge in [-0.3, -0.25) is 0 Å². The average molecular weight is 249 g/mol. The van der Waals surface area contributed by atoms with Gasteiger partial charge in [0, 0.05) is 6.54 Å². The summed E-state index contributed by atoms with van der Waals surface area (Å²) in [6, 6.07) is 8.89. The molecule has 2 N–H and O–H groups in total. The van der Waals surface area contributed by atoms with Gasteiger partial charge in [-0.25, -0.2) is 13.8 Å². The Balaban J connectivity index is 2.26. The van der Waals surface area contributed by atoms with Crippen molar-refractivity contribution >= 4 is 17.3 Å². The monoisotopic (exact) mass is 249 g/mol. The molecule has 1 aromatic heterocycles. The van der Waals surface area contributed by atoms with Gasteiger partial charge in [0.1, 0.15) is 29.0 Å². The van der Waals surface area contributed by atoms with Crippen molar-refractivity contribution in [2.75, 3.05) is 17.2 Å². The minimum absolute atomic E-state index is 0.196. The molecule has 2 rings (SSSR count). The third-order valence-electron chi connectivity index (χ3n) is 2.32. The number of pyridine rings is 1. The molecule has 0 saturated carbocycles. The molecule has 2 aromatic rings. The van der Waals surface area contributed by atoms with Crippen molar-refractivity contribution in [1.29, 1.82) is 0 Å². The molecule has 0 aliphatic carbocycles. The van der Waals surface area contributed by atoms with Crippen LogP contribution < -0.4 is 10.6 Å². The van der Waals surface area contributed by atoms with Crippen molar-refractivity contribution in [1.82, 2.24) is 4.98 Å². The highest BCUT2D eigenvalue weighted by Crippen LogP contribution is 2.22. The summed E-state index contributed by atoms with van der Waals surface area (Å²) in [5.41, 5.74) is -0.196. The Labute approximate surface area is 104 Å². The van der Waals surface area contributed by atoms with Crippen molar-refractivity contribution in [3.05, 3.63) is 48.0 Å². The average Bonchev–Trinajstić information content (AvgIpc) is 2.35. The Morgan fingerprint density at radius 2 is 1.61 bits per heavy atom. The van der Waals surface area contributed by atoms with E-state index >= 15 is 0 Å². The van der Waals surface area contributed by atoms with Crippen LogP contribution in [0.25, 0.3) is 0 Å². The lowest BCUT2D eigenvalue weighted by atomic mass is 10.3. The molecule has 18 heavy (non-hydrogen) atoms. The van der Waals surface area contributed by atoms with Gasteiger partial charge in [0.05, 0.1) is 0 Å². The van der Waals surface area contributed by atoms with E-state index in [-0.39, 0.29) is 5.69 Å². The maximum Gasteiger partial charge on any atom is 0.149 e. The van der Waals surface area contributed by atoms with Crippen molar-refractivity contribution in [3.8, 4) is 0 Å². The van der Waals surface area contributed by atoms with Crippen LogP contribution in [0.3, 0.4) is 0 Å². The lowest BCUT2D eigenvalue weighted by molar-refractivity contribution is 0.590. The second-order valence-corrected chi connectivity index (χ2v) is 3.66. The number of hydrogen-bond donors (Lipinski definition) is 2. The van der Waals surface area contributed by atoms with Crippen LogP contribution in [-0.4, -0.2) is 11.5 Å². The van der Waals surface area contributed by atoms with Gasteiger partial charge in [-0.1, -0.05) is 12.1 Å². The summed E-state index contributed by atoms with van der Waals surface area (Å²) < 4.78 is 26.9. The molecule has 1 heterocycles. The van der Waals surface area contributed by atoms with Crippen molar-refractivity contribution in [3.63, 3.8) is 0 Å². The minimum atomic E-state index is -0.648. The Kier molecular flexibility index (Phi) is 3.72. The van der Waals surface area contributed by atoms with Crippen LogP contribution >= 0.6 is 0 Å². The summed E-state index contributed by atoms with van der Waals surface area (Å²) in [6.45, 7) is 2.67. The Bertz CT molecular complexity index is 523. The van der Waals surface area contributed by atoms with E-state index in [1.165, 1.54) is 18.2 Å². The molecule has 0 amide bonds. The summed E-state index contributed by atoms with van der Waals surface area (Å²) in [4.78, 5) is 4.18. The summed E-state index contributed by atoms with van der Waals surface area (Å²) in [6.07, 6.45) is 0. The predicted molar refractivity (Wildman–Crippen MR) is 68.0 cm³/mol. The molecule has 0 aliphatic heterocycles. The molecule has 0 unspecified atom stereocenters. The van der Waals surface area contributed by atoms with Gasteiger partial charge in [-0.15, -0.1) is 0 Å². The predicted octanol–water partition coefficient (Wildman–Crippen LogP) is 3.54. The highest BCUT2D eigenvalue weighted by Gasteiger charge is 2.08. The first kappa shape index (κ1) is 12.3. The highest BCUT2D eigenvalue weighted by molar-refractivity contribution is 5.59. The van der Waals surface area contributed by atoms with Crippen LogP contribution in [0.1, 0.15) is 6.92 Å². The first-order valence-corrected chi connectivity index (χ1v) is 5.62. The fourth-order valence-electron chi connectivity index (χ4n) is 1.53. The van der Waals surface area contributed by atoms with Crippen LogP contribution in [-0.2, 0) is 0 Å². The molecule has 0 aliphatic rings. The molecule has 0 saturated heterocycles. The van der Waals surface area contributed by atoms with Crippen molar-refractivity contribution < 1.29 is 8.78 Å². The van der Waals surface area contributed by atoms with Crippen LogP contribution in [0.5, 0.6) is 0 Å². The number of para-hydroxylation sites is 1. The van der Waals surface area contributed by atoms with Crippen LogP contribution in [0.15, 0.2) is 36.4 Å². The van der Waals surface area contributed by atoms with E-state index in [0.29, 0.717) is 11.6 Å². The fraction of sp³-hybridized carbons (Fsp3) is 0.154. The lowest BCUT2D eigenvalue weighted by Gasteiger charge is -2.09. The summed E-state index contributed by atoms with van der Waals surface area (Å²) in [7, 11) is 0. The summed E-state index contributed by atoms with van der Waals surface area (Å²) in [5, 5.41) is 5.66. The van der Waals surface area contributed by atoms with Gasteiger partial charge in [0.2, 0.25) is 0 Å². The second kappa shape index (κ2) is 5.44. The van der Waals surface area contributed by atoms with Gasteiger partial charge in [-0.2, -0.15) is 0 Å². The topological polar surface area (TPSA) is 37.0 Å². The Morgan fingerprint density at radius 3 is 2.28 bits per heavy atom. The van der Waals surface area contributed by atoms with Crippen LogP contribution in [0.4, 0.5) is 26.1 Å². The Hall–Kier alpha value is -2.17. The zero-order valence-electron chi connectivity index (χ0n) is 9.87. The molecular weight excluding hydrogens is 236 g/mol. The molecule has 3 nitrogen and oxygen atoms in total. The number of nitrogens with zero attached hydrogens (tertiary/aromatic N) is 1. The largest absolute Gasteiger partial charge is 0.370 e. The third-order valence-corrected chi connectivity index (χ3v) is 2.32. The van der Waals surface area contributed by atoms with Gasteiger partial charge in [0.25, 0.3) is 0 Å². The number of anilines is 3. The van der Waals surface area contributed by atoms with Gasteiger partial charge >= 0.3 is 0 Å². The maximum atomic E-state index is 13.4. The molecule has 0 atom stereocenters. The standard InChI is InChI=1S/C13H13F2N3/c1-2-16-11-7-4-8-12(17-11)18-13-9(14)5-3-6-10(13)15/h3-8H,2H2,1H3,(H2,16,17,18). The molecule has 94 valence electrons. The Morgan fingerprint density at radius 1 is 1.00 bits per heavy atom. The molecular formula is C13H13F2N3. The SMILES string of the molecule is CCNc1cccc(Nc2c(F)cccc2F)n1. The number of rotatable bonds is 4. The first-order chi connectivity index (χ1) is 8.70. The first-order valence-electron chi connectivity index (χ1n) is 5.62. The van der Waals surface area contributed by atoms with Crippen molar-refractivity contribution in [2.45, 2.75) is 6.92 Å². The number of halogens is 2. The molecule has 0 fully saturated rings. The number of aromatic nitrogens is 1. The van der Waals surface area contributed by atoms with Crippen LogP contribution in [0, 0.1) is 11.6 Å². The second-order valence-electron chi connectivity index (χ2n) is 3.66. The summed E-state index contributed by atoms with van der Waals surface area (Å²) >= 11 is 0. The number of hydrogen-bond acceptors (Lipinski definition) is 3. The molecule has 5 heteroatoms. The molecule has 1 aromatic carbocycles. The molecule has 0 bridgehead atoms. The van der Waals surface area contributed by atoms with E-state index in [1.807, 2.05) is 6.92 Å². The third kappa shape index (κ3) is 2.74. The normalized spacial score (nSPS) is 10.2. The quantitative estimate of drug-likeness (QED) is 0.870. The van der Waals surface area contributed by atoms with E-state index < -0.39 is 11.6 Å². The smallest absolute Gasteiger partial charge is 0.149 e. The summed E-state index contributed by atoms with van der Waals surface area (Å²) in [5.74, 6) is -0.256. The minimum Gasteiger partial charge on any atom is -0.370 e. The zero-order chi connectivity index (χ0) is 13.0. The number of nitrogens with one attached hydrogen (secondary N) is 2. The lowest BCUT2D eigenvalue weighted by Crippen LogP contribution is -2.03. The van der Waals surface area contributed by atoms with Gasteiger partial charge < -0.3 is 10.6 Å². The molecule has 0 radical (unpaired) electrons. The number of benzene rings is 1.